The Balaban J connectivity index is 0.000000585. The van der Waals surface area contributed by atoms with Crippen LogP contribution in [0.5, 0.6) is 0 Å². The summed E-state index contributed by atoms with van der Waals surface area (Å²) in [7, 11) is 0. The molecule has 23 heavy (non-hydrogen) atoms. The van der Waals surface area contributed by atoms with Gasteiger partial charge in [-0.2, -0.15) is 18.4 Å². The van der Waals surface area contributed by atoms with Gasteiger partial charge < -0.3 is 15.7 Å². The van der Waals surface area contributed by atoms with Gasteiger partial charge in [0.2, 0.25) is 11.6 Å². The molecule has 132 valence electrons. The van der Waals surface area contributed by atoms with Gasteiger partial charge in [0, 0.05) is 13.0 Å². The molecule has 1 unspecified atom stereocenters. The zero-order valence-electron chi connectivity index (χ0n) is 12.9. The Labute approximate surface area is 130 Å². The third kappa shape index (κ3) is 6.40. The van der Waals surface area contributed by atoms with Gasteiger partial charge in [-0.1, -0.05) is 20.8 Å². The maximum atomic E-state index is 13.6. The van der Waals surface area contributed by atoms with Gasteiger partial charge in [0.25, 0.3) is 0 Å². The molecule has 1 rings (SSSR count). The number of rotatable bonds is 1. The summed E-state index contributed by atoms with van der Waals surface area (Å²) in [5.41, 5.74) is 3.56. The molecule has 0 bridgehead atoms. The molecule has 0 saturated carbocycles. The molecule has 10 heteroatoms. The molecule has 1 amide bonds. The predicted octanol–water partition coefficient (Wildman–Crippen LogP) is 1.46. The Morgan fingerprint density at radius 1 is 1.35 bits per heavy atom. The fourth-order valence-electron chi connectivity index (χ4n) is 1.62. The fraction of sp³-hybridized carbons (Fsp3) is 0.769. The number of carboxylic acid groups (broad SMARTS) is 1. The van der Waals surface area contributed by atoms with Gasteiger partial charge in [-0.15, -0.1) is 0 Å². The van der Waals surface area contributed by atoms with E-state index in [1.54, 1.807) is 6.07 Å². The van der Waals surface area contributed by atoms with Crippen molar-refractivity contribution < 1.29 is 32.3 Å². The number of nitriles is 1. The van der Waals surface area contributed by atoms with Gasteiger partial charge in [-0.25, -0.2) is 9.18 Å². The van der Waals surface area contributed by atoms with E-state index in [0.29, 0.717) is 0 Å². The zero-order chi connectivity index (χ0) is 18.6. The van der Waals surface area contributed by atoms with Crippen LogP contribution in [0.3, 0.4) is 0 Å². The first-order valence-corrected chi connectivity index (χ1v) is 6.59. The summed E-state index contributed by atoms with van der Waals surface area (Å²) in [6, 6.07) is 0.943. The standard InChI is InChI=1S/C11H18FN3O.C2HF3O2/c1-10(2,3)8(14)9(16)15-5-4-11(12,6-13)7-15;3-2(4,5)1(6)7/h8H,4-5,7,14H2,1-3H3;(H,6,7)/t8-,11?;/m0./s1. The van der Waals surface area contributed by atoms with Gasteiger partial charge >= 0.3 is 12.1 Å². The van der Waals surface area contributed by atoms with Gasteiger partial charge in [-0.05, 0) is 5.41 Å². The highest BCUT2D eigenvalue weighted by Crippen LogP contribution is 2.27. The number of carboxylic acids is 1. The monoisotopic (exact) mass is 341 g/mol. The number of carbonyl (C=O) groups is 2. The molecule has 0 aromatic rings. The van der Waals surface area contributed by atoms with Crippen molar-refractivity contribution >= 4 is 11.9 Å². The van der Waals surface area contributed by atoms with Crippen molar-refractivity contribution in [1.29, 1.82) is 5.26 Å². The van der Waals surface area contributed by atoms with Gasteiger partial charge in [0.05, 0.1) is 12.6 Å². The molecule has 0 radical (unpaired) electrons. The van der Waals surface area contributed by atoms with E-state index in [9.17, 15) is 22.4 Å². The van der Waals surface area contributed by atoms with Crippen molar-refractivity contribution in [3.63, 3.8) is 0 Å². The average molecular weight is 341 g/mol. The molecule has 6 nitrogen and oxygen atoms in total. The van der Waals surface area contributed by atoms with Crippen molar-refractivity contribution in [1.82, 2.24) is 4.90 Å². The largest absolute Gasteiger partial charge is 0.490 e. The number of hydrogen-bond donors (Lipinski definition) is 2. The van der Waals surface area contributed by atoms with Crippen LogP contribution < -0.4 is 5.73 Å². The van der Waals surface area contributed by atoms with E-state index in [1.807, 2.05) is 20.8 Å². The molecule has 2 atom stereocenters. The van der Waals surface area contributed by atoms with E-state index in [4.69, 9.17) is 20.9 Å². The van der Waals surface area contributed by atoms with Crippen molar-refractivity contribution in [3.8, 4) is 6.07 Å². The van der Waals surface area contributed by atoms with Crippen molar-refractivity contribution in [2.75, 3.05) is 13.1 Å². The first kappa shape index (κ1) is 21.1. The first-order chi connectivity index (χ1) is 10.1. The summed E-state index contributed by atoms with van der Waals surface area (Å²) in [6.07, 6.45) is -5.01. The number of nitrogens with zero attached hydrogens (tertiary/aromatic N) is 2. The van der Waals surface area contributed by atoms with Crippen LogP contribution >= 0.6 is 0 Å². The van der Waals surface area contributed by atoms with E-state index in [2.05, 4.69) is 0 Å². The van der Waals surface area contributed by atoms with Crippen LogP contribution in [0.1, 0.15) is 27.2 Å². The SMILES string of the molecule is CC(C)(C)[C@@H](N)C(=O)N1CCC(F)(C#N)C1.O=C(O)C(F)(F)F. The zero-order valence-corrected chi connectivity index (χ0v) is 12.9. The highest BCUT2D eigenvalue weighted by Gasteiger charge is 2.43. The van der Waals surface area contributed by atoms with E-state index in [0.717, 1.165) is 0 Å². The summed E-state index contributed by atoms with van der Waals surface area (Å²) in [5, 5.41) is 15.8. The van der Waals surface area contributed by atoms with Crippen LogP contribution in [-0.2, 0) is 9.59 Å². The number of halogens is 4. The number of nitrogens with two attached hydrogens (primary N) is 1. The molecule has 1 saturated heterocycles. The van der Waals surface area contributed by atoms with Crippen molar-refractivity contribution in [2.24, 2.45) is 11.1 Å². The summed E-state index contributed by atoms with van der Waals surface area (Å²) >= 11 is 0. The summed E-state index contributed by atoms with van der Waals surface area (Å²) < 4.78 is 45.4. The Hall–Kier alpha value is -1.89. The number of likely N-dealkylation sites (tertiary alicyclic amines) is 1. The molecule has 0 aromatic carbocycles. The lowest BCUT2D eigenvalue weighted by molar-refractivity contribution is -0.192. The summed E-state index contributed by atoms with van der Waals surface area (Å²) in [5.74, 6) is -3.03. The number of amides is 1. The minimum atomic E-state index is -5.08. The third-order valence-electron chi connectivity index (χ3n) is 3.17. The molecule has 1 fully saturated rings. The average Bonchev–Trinajstić information content (AvgIpc) is 2.79. The maximum Gasteiger partial charge on any atom is 0.490 e. The Morgan fingerprint density at radius 2 is 1.78 bits per heavy atom. The van der Waals surface area contributed by atoms with Crippen molar-refractivity contribution in [2.45, 2.75) is 45.1 Å². The number of alkyl halides is 4. The van der Waals surface area contributed by atoms with Crippen LogP contribution in [0.15, 0.2) is 0 Å². The van der Waals surface area contributed by atoms with Crippen LogP contribution in [0.4, 0.5) is 17.6 Å². The lowest BCUT2D eigenvalue weighted by Crippen LogP contribution is -2.50. The quantitative estimate of drug-likeness (QED) is 0.702. The van der Waals surface area contributed by atoms with Crippen LogP contribution in [0.25, 0.3) is 0 Å². The first-order valence-electron chi connectivity index (χ1n) is 6.59. The minimum Gasteiger partial charge on any atom is -0.475 e. The molecule has 0 aromatic heterocycles. The van der Waals surface area contributed by atoms with E-state index in [1.165, 1.54) is 4.90 Å². The summed E-state index contributed by atoms with van der Waals surface area (Å²) in [4.78, 5) is 22.2. The highest BCUT2D eigenvalue weighted by atomic mass is 19.4. The second-order valence-electron chi connectivity index (χ2n) is 6.23. The maximum absolute atomic E-state index is 13.6. The Morgan fingerprint density at radius 3 is 2.04 bits per heavy atom. The number of carbonyl (C=O) groups excluding carboxylic acids is 1. The summed E-state index contributed by atoms with van der Waals surface area (Å²) in [6.45, 7) is 5.69. The second kappa shape index (κ2) is 7.12. The molecule has 0 spiro atoms. The lowest BCUT2D eigenvalue weighted by atomic mass is 9.86. The smallest absolute Gasteiger partial charge is 0.475 e. The molecule has 1 aliphatic heterocycles. The lowest BCUT2D eigenvalue weighted by Gasteiger charge is -2.29. The van der Waals surface area contributed by atoms with E-state index >= 15 is 0 Å². The van der Waals surface area contributed by atoms with Gasteiger partial charge in [0.1, 0.15) is 6.07 Å². The molecule has 0 aliphatic carbocycles. The van der Waals surface area contributed by atoms with E-state index < -0.39 is 23.9 Å². The van der Waals surface area contributed by atoms with Gasteiger partial charge in [-0.3, -0.25) is 4.79 Å². The topological polar surface area (TPSA) is 107 Å². The van der Waals surface area contributed by atoms with Crippen LogP contribution in [0, 0.1) is 16.7 Å². The van der Waals surface area contributed by atoms with E-state index in [-0.39, 0.29) is 30.8 Å². The normalized spacial score (nSPS) is 22.7. The second-order valence-corrected chi connectivity index (χ2v) is 6.23. The Bertz CT molecular complexity index is 496. The third-order valence-corrected chi connectivity index (χ3v) is 3.17. The molecular weight excluding hydrogens is 322 g/mol. The van der Waals surface area contributed by atoms with Crippen LogP contribution in [0.2, 0.25) is 0 Å². The fourth-order valence-corrected chi connectivity index (χ4v) is 1.62. The highest BCUT2D eigenvalue weighted by molar-refractivity contribution is 5.83. The minimum absolute atomic E-state index is 0.0755. The molecule has 1 heterocycles. The number of aliphatic carboxylic acids is 1. The Kier molecular flexibility index (Phi) is 6.54. The van der Waals surface area contributed by atoms with Crippen molar-refractivity contribution in [3.05, 3.63) is 0 Å². The molecule has 1 aliphatic rings. The molecule has 3 N–H and O–H groups in total. The number of hydrogen-bond acceptors (Lipinski definition) is 4. The molecular formula is C13H19F4N3O3. The predicted molar refractivity (Wildman–Crippen MR) is 71.8 cm³/mol. The van der Waals surface area contributed by atoms with Gasteiger partial charge in [0.15, 0.2) is 0 Å². The van der Waals surface area contributed by atoms with Crippen LogP contribution in [-0.4, -0.2) is 52.9 Å².